The zero-order valence-electron chi connectivity index (χ0n) is 20.6. The maximum atomic E-state index is 13.5. The van der Waals surface area contributed by atoms with E-state index in [9.17, 15) is 22.8 Å². The molecule has 10 heteroatoms. The van der Waals surface area contributed by atoms with Gasteiger partial charge in [0, 0.05) is 23.2 Å². The molecule has 8 nitrogen and oxygen atoms in total. The first-order valence-electron chi connectivity index (χ1n) is 11.3. The van der Waals surface area contributed by atoms with Crippen LogP contribution in [0.1, 0.15) is 50.0 Å². The molecule has 0 spiro atoms. The van der Waals surface area contributed by atoms with E-state index in [0.29, 0.717) is 10.6 Å². The lowest BCUT2D eigenvalue weighted by Crippen LogP contribution is -2.52. The zero-order chi connectivity index (χ0) is 26.3. The molecule has 0 aliphatic rings. The summed E-state index contributed by atoms with van der Waals surface area (Å²) in [7, 11) is -3.88. The lowest BCUT2D eigenvalue weighted by atomic mass is 10.1. The summed E-state index contributed by atoms with van der Waals surface area (Å²) in [4.78, 5) is 39.5. The predicted molar refractivity (Wildman–Crippen MR) is 138 cm³/mol. The number of Topliss-reactive ketones (excluding diaryl/α,β-unsaturated/α-hetero) is 1. The molecule has 2 rings (SSSR count). The second-order valence-electron chi connectivity index (χ2n) is 8.52. The molecule has 0 heterocycles. The molecule has 0 saturated carbocycles. The van der Waals surface area contributed by atoms with Crippen LogP contribution in [-0.2, 0) is 26.2 Å². The summed E-state index contributed by atoms with van der Waals surface area (Å²) >= 11 is 5.98. The average Bonchev–Trinajstić information content (AvgIpc) is 2.80. The number of hydrogen-bond donors (Lipinski definition) is 1. The minimum Gasteiger partial charge on any atom is -0.352 e. The van der Waals surface area contributed by atoms with Gasteiger partial charge in [-0.05, 0) is 57.0 Å². The Kier molecular flexibility index (Phi) is 9.85. The lowest BCUT2D eigenvalue weighted by molar-refractivity contribution is -0.139. The Labute approximate surface area is 212 Å². The third-order valence-corrected chi connectivity index (χ3v) is 7.05. The van der Waals surface area contributed by atoms with Crippen molar-refractivity contribution in [1.82, 2.24) is 10.2 Å². The number of carbonyl (C=O) groups excluding carboxylic acids is 3. The van der Waals surface area contributed by atoms with Gasteiger partial charge in [0.15, 0.2) is 5.78 Å². The van der Waals surface area contributed by atoms with Crippen molar-refractivity contribution in [2.24, 2.45) is 0 Å². The van der Waals surface area contributed by atoms with Crippen LogP contribution >= 0.6 is 11.6 Å². The van der Waals surface area contributed by atoms with E-state index >= 15 is 0 Å². The van der Waals surface area contributed by atoms with E-state index < -0.39 is 28.5 Å². The normalized spacial score (nSPS) is 13.0. The Morgan fingerprint density at radius 2 is 1.69 bits per heavy atom. The molecule has 0 saturated heterocycles. The summed E-state index contributed by atoms with van der Waals surface area (Å²) in [5.41, 5.74) is 1.25. The van der Waals surface area contributed by atoms with Gasteiger partial charge < -0.3 is 10.2 Å². The molecule has 2 unspecified atom stereocenters. The summed E-state index contributed by atoms with van der Waals surface area (Å²) < 4.78 is 26.2. The van der Waals surface area contributed by atoms with Crippen molar-refractivity contribution in [2.45, 2.75) is 52.7 Å². The van der Waals surface area contributed by atoms with Crippen LogP contribution in [0.2, 0.25) is 5.02 Å². The van der Waals surface area contributed by atoms with Crippen LogP contribution in [0.4, 0.5) is 5.69 Å². The molecule has 2 atom stereocenters. The molecule has 1 N–H and O–H groups in total. The Hall–Kier alpha value is -2.91. The van der Waals surface area contributed by atoms with Gasteiger partial charge in [0.05, 0.1) is 11.9 Å². The van der Waals surface area contributed by atoms with Gasteiger partial charge in [0.1, 0.15) is 12.6 Å². The molecule has 0 fully saturated rings. The summed E-state index contributed by atoms with van der Waals surface area (Å²) in [6, 6.07) is 12.0. The number of amides is 2. The van der Waals surface area contributed by atoms with Crippen LogP contribution in [0.5, 0.6) is 0 Å². The van der Waals surface area contributed by atoms with Crippen molar-refractivity contribution >= 4 is 44.9 Å². The largest absolute Gasteiger partial charge is 0.352 e. The molecule has 0 aromatic heterocycles. The molecule has 35 heavy (non-hydrogen) atoms. The Morgan fingerprint density at radius 1 is 1.06 bits per heavy atom. The maximum Gasteiger partial charge on any atom is 0.244 e. The van der Waals surface area contributed by atoms with E-state index in [1.54, 1.807) is 43.3 Å². The van der Waals surface area contributed by atoms with Crippen molar-refractivity contribution in [3.8, 4) is 0 Å². The number of anilines is 1. The van der Waals surface area contributed by atoms with Crippen LogP contribution in [0, 0.1) is 0 Å². The van der Waals surface area contributed by atoms with Crippen LogP contribution < -0.4 is 9.62 Å². The number of carbonyl (C=O) groups is 3. The van der Waals surface area contributed by atoms with Crippen LogP contribution in [-0.4, -0.2) is 55.8 Å². The van der Waals surface area contributed by atoms with Gasteiger partial charge in [0.2, 0.25) is 21.8 Å². The van der Waals surface area contributed by atoms with E-state index in [0.717, 1.165) is 22.5 Å². The SMILES string of the molecule is CCC(C)NC(=O)C(C)N(Cc1ccc(Cl)cc1)C(=O)CN(c1cccc(C(C)=O)c1)S(C)(=O)=O. The third kappa shape index (κ3) is 8.07. The average molecular weight is 522 g/mol. The highest BCUT2D eigenvalue weighted by Crippen LogP contribution is 2.21. The maximum absolute atomic E-state index is 13.5. The molecule has 2 aromatic carbocycles. The van der Waals surface area contributed by atoms with Crippen LogP contribution in [0.15, 0.2) is 48.5 Å². The fourth-order valence-electron chi connectivity index (χ4n) is 3.33. The van der Waals surface area contributed by atoms with E-state index in [1.165, 1.54) is 24.0 Å². The van der Waals surface area contributed by atoms with Gasteiger partial charge in [0.25, 0.3) is 0 Å². The number of ketones is 1. The van der Waals surface area contributed by atoms with Gasteiger partial charge in [-0.15, -0.1) is 0 Å². The Bertz CT molecular complexity index is 1170. The molecule has 2 aromatic rings. The summed E-state index contributed by atoms with van der Waals surface area (Å²) in [6.45, 7) is 6.33. The van der Waals surface area contributed by atoms with Gasteiger partial charge >= 0.3 is 0 Å². The van der Waals surface area contributed by atoms with Crippen molar-refractivity contribution < 1.29 is 22.8 Å². The highest BCUT2D eigenvalue weighted by molar-refractivity contribution is 7.92. The molecule has 0 radical (unpaired) electrons. The minimum atomic E-state index is -3.88. The minimum absolute atomic E-state index is 0.0795. The first kappa shape index (κ1) is 28.3. The second kappa shape index (κ2) is 12.2. The van der Waals surface area contributed by atoms with Gasteiger partial charge in [-0.2, -0.15) is 0 Å². The number of nitrogens with zero attached hydrogens (tertiary/aromatic N) is 2. The van der Waals surface area contributed by atoms with Gasteiger partial charge in [-0.25, -0.2) is 8.42 Å². The first-order chi connectivity index (χ1) is 16.3. The van der Waals surface area contributed by atoms with E-state index in [2.05, 4.69) is 5.32 Å². The third-order valence-electron chi connectivity index (χ3n) is 5.65. The summed E-state index contributed by atoms with van der Waals surface area (Å²) in [5, 5.41) is 3.40. The number of hydrogen-bond acceptors (Lipinski definition) is 5. The quantitative estimate of drug-likeness (QED) is 0.455. The monoisotopic (exact) mass is 521 g/mol. The molecule has 190 valence electrons. The smallest absolute Gasteiger partial charge is 0.244 e. The van der Waals surface area contributed by atoms with E-state index in [4.69, 9.17) is 11.6 Å². The predicted octanol–water partition coefficient (Wildman–Crippen LogP) is 3.64. The topological polar surface area (TPSA) is 104 Å². The fraction of sp³-hybridized carbons (Fsp3) is 0.400. The first-order valence-corrected chi connectivity index (χ1v) is 13.5. The van der Waals surface area contributed by atoms with Crippen LogP contribution in [0.3, 0.4) is 0 Å². The highest BCUT2D eigenvalue weighted by atomic mass is 35.5. The number of nitrogens with one attached hydrogen (secondary N) is 1. The van der Waals surface area contributed by atoms with Gasteiger partial charge in [-0.1, -0.05) is 42.8 Å². The molecule has 2 amide bonds. The molecule has 0 bridgehead atoms. The molecule has 0 aliphatic carbocycles. The van der Waals surface area contributed by atoms with Gasteiger partial charge in [-0.3, -0.25) is 18.7 Å². The van der Waals surface area contributed by atoms with Crippen molar-refractivity contribution in [1.29, 1.82) is 0 Å². The fourth-order valence-corrected chi connectivity index (χ4v) is 4.30. The lowest BCUT2D eigenvalue weighted by Gasteiger charge is -2.32. The standard InChI is InChI=1S/C25H32ClN3O5S/c1-6-17(2)27-25(32)18(3)28(15-20-10-12-22(26)13-11-20)24(31)16-29(35(5,33)34)23-9-7-8-21(14-23)19(4)30/h7-14,17-18H,6,15-16H2,1-5H3,(H,27,32). The summed E-state index contributed by atoms with van der Waals surface area (Å²) in [6.07, 6.45) is 1.71. The molecular weight excluding hydrogens is 490 g/mol. The Balaban J connectivity index is 2.41. The van der Waals surface area contributed by atoms with Crippen molar-refractivity contribution in [3.05, 3.63) is 64.7 Å². The summed E-state index contributed by atoms with van der Waals surface area (Å²) in [5.74, 6) is -1.14. The number of benzene rings is 2. The van der Waals surface area contributed by atoms with E-state index in [1.807, 2.05) is 13.8 Å². The molecule has 0 aliphatic heterocycles. The second-order valence-corrected chi connectivity index (χ2v) is 10.9. The zero-order valence-corrected chi connectivity index (χ0v) is 22.2. The van der Waals surface area contributed by atoms with Crippen molar-refractivity contribution in [3.63, 3.8) is 0 Å². The van der Waals surface area contributed by atoms with Crippen molar-refractivity contribution in [2.75, 3.05) is 17.1 Å². The molecular formula is C25H32ClN3O5S. The van der Waals surface area contributed by atoms with E-state index in [-0.39, 0.29) is 30.0 Å². The highest BCUT2D eigenvalue weighted by Gasteiger charge is 2.30. The van der Waals surface area contributed by atoms with Crippen LogP contribution in [0.25, 0.3) is 0 Å². The number of halogens is 1. The Morgan fingerprint density at radius 3 is 2.23 bits per heavy atom. The number of rotatable bonds is 11. The number of sulfonamides is 1.